The molecule has 0 bridgehead atoms. The van der Waals surface area contributed by atoms with E-state index >= 15 is 0 Å². The molecule has 28 heavy (non-hydrogen) atoms. The molecule has 1 saturated heterocycles. The third kappa shape index (κ3) is 3.04. The number of carbonyl (C=O) groups excluding carboxylic acids is 1. The van der Waals surface area contributed by atoms with Crippen LogP contribution >= 0.6 is 11.6 Å². The standard InChI is InChI=1S/C20H26ClFN4O2/c1-9(2)15-13-16(24-25(6)17(13)14(22)18(21)23-15)12-10-7-26(8-11(10)12)19(27)28-20(3,4)5/h9-12H,7-8H2,1-6H3. The molecule has 2 unspecified atom stereocenters. The van der Waals surface area contributed by atoms with E-state index in [1.807, 2.05) is 34.6 Å². The number of halogens is 2. The zero-order valence-electron chi connectivity index (χ0n) is 17.1. The summed E-state index contributed by atoms with van der Waals surface area (Å²) in [5, 5.41) is 5.32. The number of aromatic nitrogens is 3. The van der Waals surface area contributed by atoms with E-state index < -0.39 is 11.4 Å². The third-order valence-electron chi connectivity index (χ3n) is 5.65. The van der Waals surface area contributed by atoms with Crippen molar-refractivity contribution in [2.24, 2.45) is 18.9 Å². The quantitative estimate of drug-likeness (QED) is 0.688. The lowest BCUT2D eigenvalue weighted by Gasteiger charge is -2.25. The Labute approximate surface area is 169 Å². The van der Waals surface area contributed by atoms with Crippen molar-refractivity contribution in [3.05, 3.63) is 22.4 Å². The van der Waals surface area contributed by atoms with Gasteiger partial charge in [0.15, 0.2) is 11.0 Å². The van der Waals surface area contributed by atoms with Crippen molar-refractivity contribution in [1.82, 2.24) is 19.7 Å². The van der Waals surface area contributed by atoms with Gasteiger partial charge in [0, 0.05) is 31.4 Å². The second-order valence-electron chi connectivity index (χ2n) is 9.23. The van der Waals surface area contributed by atoms with Gasteiger partial charge in [0.05, 0.1) is 11.4 Å². The molecule has 4 rings (SSSR count). The Morgan fingerprint density at radius 3 is 2.43 bits per heavy atom. The molecule has 2 aromatic rings. The first-order valence-electron chi connectivity index (χ1n) is 9.69. The van der Waals surface area contributed by atoms with Crippen LogP contribution in [-0.2, 0) is 11.8 Å². The summed E-state index contributed by atoms with van der Waals surface area (Å²) in [7, 11) is 1.74. The molecular formula is C20H26ClFN4O2. The van der Waals surface area contributed by atoms with Crippen LogP contribution in [0.2, 0.25) is 5.15 Å². The number of hydrogen-bond acceptors (Lipinski definition) is 4. The topological polar surface area (TPSA) is 60.3 Å². The van der Waals surface area contributed by atoms with Crippen molar-refractivity contribution < 1.29 is 13.9 Å². The Morgan fingerprint density at radius 2 is 1.89 bits per heavy atom. The van der Waals surface area contributed by atoms with E-state index in [-0.39, 0.29) is 23.1 Å². The average molecular weight is 409 g/mol. The van der Waals surface area contributed by atoms with Crippen molar-refractivity contribution >= 4 is 28.6 Å². The molecule has 0 radical (unpaired) electrons. The molecule has 2 aliphatic rings. The van der Waals surface area contributed by atoms with Crippen molar-refractivity contribution in [3.63, 3.8) is 0 Å². The normalized spacial score (nSPS) is 24.2. The van der Waals surface area contributed by atoms with Crippen LogP contribution in [0.3, 0.4) is 0 Å². The minimum Gasteiger partial charge on any atom is -0.444 e. The van der Waals surface area contributed by atoms with Gasteiger partial charge < -0.3 is 9.64 Å². The number of carbonyl (C=O) groups is 1. The Hall–Kier alpha value is -1.89. The van der Waals surface area contributed by atoms with Gasteiger partial charge in [-0.05, 0) is 38.5 Å². The predicted molar refractivity (Wildman–Crippen MR) is 105 cm³/mol. The number of hydrogen-bond donors (Lipinski definition) is 0. The number of piperidine rings is 1. The Bertz CT molecular complexity index is 953. The number of fused-ring (bicyclic) bond motifs is 2. The van der Waals surface area contributed by atoms with Gasteiger partial charge in [0.2, 0.25) is 0 Å². The third-order valence-corrected chi connectivity index (χ3v) is 5.90. The molecule has 1 saturated carbocycles. The van der Waals surface area contributed by atoms with Gasteiger partial charge in [-0.1, -0.05) is 25.4 Å². The molecule has 152 valence electrons. The minimum absolute atomic E-state index is 0.0976. The summed E-state index contributed by atoms with van der Waals surface area (Å²) < 4.78 is 21.7. The Balaban J connectivity index is 1.63. The van der Waals surface area contributed by atoms with Gasteiger partial charge in [0.1, 0.15) is 11.1 Å². The molecule has 0 aromatic carbocycles. The predicted octanol–water partition coefficient (Wildman–Crippen LogP) is 4.46. The largest absolute Gasteiger partial charge is 0.444 e. The van der Waals surface area contributed by atoms with Crippen LogP contribution in [0.15, 0.2) is 0 Å². The molecule has 2 fully saturated rings. The molecule has 3 heterocycles. The van der Waals surface area contributed by atoms with Gasteiger partial charge in [-0.25, -0.2) is 14.2 Å². The number of aryl methyl sites for hydroxylation is 1. The maximum atomic E-state index is 14.7. The number of amides is 1. The number of likely N-dealkylation sites (tertiary alicyclic amines) is 1. The van der Waals surface area contributed by atoms with Crippen LogP contribution in [0, 0.1) is 17.7 Å². The van der Waals surface area contributed by atoms with Crippen LogP contribution in [0.25, 0.3) is 10.9 Å². The Kier molecular flexibility index (Phi) is 4.38. The fourth-order valence-electron chi connectivity index (χ4n) is 4.42. The van der Waals surface area contributed by atoms with Crippen LogP contribution in [0.5, 0.6) is 0 Å². The fraction of sp³-hybridized carbons (Fsp3) is 0.650. The van der Waals surface area contributed by atoms with E-state index in [0.29, 0.717) is 30.4 Å². The summed E-state index contributed by atoms with van der Waals surface area (Å²) in [5.74, 6) is 0.430. The second kappa shape index (κ2) is 6.31. The molecule has 8 heteroatoms. The molecule has 6 nitrogen and oxygen atoms in total. The van der Waals surface area contributed by atoms with E-state index in [0.717, 1.165) is 16.8 Å². The number of ether oxygens (including phenoxy) is 1. The van der Waals surface area contributed by atoms with Gasteiger partial charge in [-0.2, -0.15) is 5.10 Å². The smallest absolute Gasteiger partial charge is 0.410 e. The zero-order chi connectivity index (χ0) is 20.5. The maximum absolute atomic E-state index is 14.7. The monoisotopic (exact) mass is 408 g/mol. The van der Waals surface area contributed by atoms with Crippen molar-refractivity contribution in [2.75, 3.05) is 13.1 Å². The number of rotatable bonds is 2. The van der Waals surface area contributed by atoms with E-state index in [1.165, 1.54) is 0 Å². The fourth-order valence-corrected chi connectivity index (χ4v) is 4.60. The van der Waals surface area contributed by atoms with E-state index in [1.54, 1.807) is 16.6 Å². The second-order valence-corrected chi connectivity index (χ2v) is 9.59. The Morgan fingerprint density at radius 1 is 1.29 bits per heavy atom. The number of nitrogens with zero attached hydrogens (tertiary/aromatic N) is 4. The lowest BCUT2D eigenvalue weighted by molar-refractivity contribution is 0.0271. The van der Waals surface area contributed by atoms with Gasteiger partial charge in [0.25, 0.3) is 0 Å². The van der Waals surface area contributed by atoms with Crippen LogP contribution in [0.4, 0.5) is 9.18 Å². The molecule has 1 amide bonds. The van der Waals surface area contributed by atoms with Crippen LogP contribution in [-0.4, -0.2) is 44.4 Å². The van der Waals surface area contributed by atoms with Crippen LogP contribution < -0.4 is 0 Å². The summed E-state index contributed by atoms with van der Waals surface area (Å²) in [5.41, 5.74) is 1.56. The molecule has 1 aliphatic carbocycles. The maximum Gasteiger partial charge on any atom is 0.410 e. The first kappa shape index (κ1) is 19.4. The van der Waals surface area contributed by atoms with Crippen molar-refractivity contribution in [1.29, 1.82) is 0 Å². The lowest BCUT2D eigenvalue weighted by atomic mass is 10.0. The van der Waals surface area contributed by atoms with E-state index in [9.17, 15) is 9.18 Å². The highest BCUT2D eigenvalue weighted by atomic mass is 35.5. The highest BCUT2D eigenvalue weighted by Gasteiger charge is 2.59. The lowest BCUT2D eigenvalue weighted by Crippen LogP contribution is -2.36. The SMILES string of the molecule is CC(C)c1nc(Cl)c(F)c2c1c(C1C3CN(C(=O)OC(C)(C)C)CC31)nn2C. The van der Waals surface area contributed by atoms with Gasteiger partial charge in [-0.3, -0.25) is 4.68 Å². The molecule has 2 aromatic heterocycles. The average Bonchev–Trinajstić information content (AvgIpc) is 2.90. The van der Waals surface area contributed by atoms with Crippen molar-refractivity contribution in [2.45, 2.75) is 52.1 Å². The molecule has 1 aliphatic heterocycles. The summed E-state index contributed by atoms with van der Waals surface area (Å²) >= 11 is 6.03. The first-order valence-corrected chi connectivity index (χ1v) is 10.1. The molecular weight excluding hydrogens is 383 g/mol. The summed E-state index contributed by atoms with van der Waals surface area (Å²) in [4.78, 5) is 18.4. The highest BCUT2D eigenvalue weighted by Crippen LogP contribution is 2.59. The zero-order valence-corrected chi connectivity index (χ0v) is 17.8. The summed E-state index contributed by atoms with van der Waals surface area (Å²) in [6.45, 7) is 10.9. The first-order chi connectivity index (χ1) is 13.0. The van der Waals surface area contributed by atoms with Gasteiger partial charge >= 0.3 is 6.09 Å². The molecule has 0 spiro atoms. The summed E-state index contributed by atoms with van der Waals surface area (Å²) in [6, 6.07) is 0. The molecule has 0 N–H and O–H groups in total. The minimum atomic E-state index is -0.525. The van der Waals surface area contributed by atoms with Gasteiger partial charge in [-0.15, -0.1) is 0 Å². The molecule has 2 atom stereocenters. The number of pyridine rings is 1. The van der Waals surface area contributed by atoms with E-state index in [2.05, 4.69) is 10.1 Å². The van der Waals surface area contributed by atoms with Crippen LogP contribution in [0.1, 0.15) is 57.8 Å². The summed E-state index contributed by atoms with van der Waals surface area (Å²) in [6.07, 6.45) is -0.272. The van der Waals surface area contributed by atoms with E-state index in [4.69, 9.17) is 16.3 Å². The van der Waals surface area contributed by atoms with Crippen molar-refractivity contribution in [3.8, 4) is 0 Å². The highest BCUT2D eigenvalue weighted by molar-refractivity contribution is 6.30.